The molecule has 19 heavy (non-hydrogen) atoms. The predicted molar refractivity (Wildman–Crippen MR) is 61.5 cm³/mol. The molecule has 0 aliphatic rings. The van der Waals surface area contributed by atoms with Gasteiger partial charge in [-0.3, -0.25) is 0 Å². The van der Waals surface area contributed by atoms with Crippen LogP contribution in [0.3, 0.4) is 0 Å². The molecule has 10 nitrogen and oxygen atoms in total. The van der Waals surface area contributed by atoms with Gasteiger partial charge in [-0.2, -0.15) is 4.68 Å². The fourth-order valence-corrected chi connectivity index (χ4v) is 1.56. The van der Waals surface area contributed by atoms with Crippen LogP contribution in [0.2, 0.25) is 0 Å². The zero-order chi connectivity index (χ0) is 13.8. The maximum absolute atomic E-state index is 12.0. The quantitative estimate of drug-likeness (QED) is 0.587. The van der Waals surface area contributed by atoms with Gasteiger partial charge in [0.25, 0.3) is 0 Å². The highest BCUT2D eigenvalue weighted by Gasteiger charge is 2.27. The molecule has 0 aromatic carbocycles. The molecule has 0 saturated carbocycles. The highest BCUT2D eigenvalue weighted by atomic mass is 16.6. The van der Waals surface area contributed by atoms with Crippen molar-refractivity contribution >= 4 is 11.8 Å². The summed E-state index contributed by atoms with van der Waals surface area (Å²) in [5, 5.41) is 24.8. The van der Waals surface area contributed by atoms with E-state index >= 15 is 0 Å². The molecular formula is C9H11N7O3. The van der Waals surface area contributed by atoms with Crippen molar-refractivity contribution in [2.45, 2.75) is 26.2 Å². The third-order valence-corrected chi connectivity index (χ3v) is 2.48. The maximum Gasteiger partial charge on any atom is 0.414 e. The lowest BCUT2D eigenvalue weighted by molar-refractivity contribution is -0.390. The van der Waals surface area contributed by atoms with Gasteiger partial charge in [0, 0.05) is 0 Å². The van der Waals surface area contributed by atoms with Crippen LogP contribution in [-0.2, 0) is 6.42 Å². The highest BCUT2D eigenvalue weighted by Crippen LogP contribution is 2.17. The van der Waals surface area contributed by atoms with Crippen molar-refractivity contribution in [1.29, 1.82) is 0 Å². The van der Waals surface area contributed by atoms with Gasteiger partial charge in [0.1, 0.15) is 5.10 Å². The number of unbranched alkanes of at least 4 members (excludes halogenated alkanes) is 1. The summed E-state index contributed by atoms with van der Waals surface area (Å²) < 4.78 is 1.83. The molecule has 0 amide bonds. The number of rotatable bonds is 4. The Morgan fingerprint density at radius 1 is 1.47 bits per heavy atom. The van der Waals surface area contributed by atoms with Crippen molar-refractivity contribution < 1.29 is 9.72 Å². The second-order valence-electron chi connectivity index (χ2n) is 3.76. The predicted octanol–water partition coefficient (Wildman–Crippen LogP) is 0.637. The molecule has 0 aliphatic carbocycles. The van der Waals surface area contributed by atoms with Crippen molar-refractivity contribution in [3.63, 3.8) is 0 Å². The van der Waals surface area contributed by atoms with Crippen molar-refractivity contribution in [3.8, 4) is 0 Å². The van der Waals surface area contributed by atoms with Crippen LogP contribution in [0.25, 0.3) is 0 Å². The van der Waals surface area contributed by atoms with Crippen LogP contribution in [0.4, 0.5) is 10.6 Å². The van der Waals surface area contributed by atoms with Crippen LogP contribution in [0, 0.1) is 10.1 Å². The van der Waals surface area contributed by atoms with Gasteiger partial charge in [-0.15, -0.1) is 9.78 Å². The minimum atomic E-state index is -0.650. The Morgan fingerprint density at radius 2 is 2.26 bits per heavy atom. The first-order valence-corrected chi connectivity index (χ1v) is 5.65. The molecule has 0 aliphatic heterocycles. The average molecular weight is 265 g/mol. The van der Waals surface area contributed by atoms with E-state index in [1.807, 2.05) is 6.92 Å². The van der Waals surface area contributed by atoms with E-state index in [-0.39, 0.29) is 5.69 Å². The number of nitro groups is 1. The summed E-state index contributed by atoms with van der Waals surface area (Å²) in [6.07, 6.45) is 4.54. The molecule has 0 N–H and O–H groups in total. The van der Waals surface area contributed by atoms with Gasteiger partial charge >= 0.3 is 11.8 Å². The van der Waals surface area contributed by atoms with Crippen molar-refractivity contribution in [2.24, 2.45) is 0 Å². The lowest BCUT2D eigenvalue weighted by Gasteiger charge is -2.02. The Morgan fingerprint density at radius 3 is 2.84 bits per heavy atom. The smallest absolute Gasteiger partial charge is 0.358 e. The van der Waals surface area contributed by atoms with E-state index in [4.69, 9.17) is 0 Å². The molecule has 100 valence electrons. The summed E-state index contributed by atoms with van der Waals surface area (Å²) in [6.45, 7) is 1.94. The van der Waals surface area contributed by atoms with Crippen LogP contribution >= 0.6 is 0 Å². The zero-order valence-corrected chi connectivity index (χ0v) is 10.1. The van der Waals surface area contributed by atoms with Crippen LogP contribution in [0.1, 0.15) is 25.5 Å². The van der Waals surface area contributed by atoms with Crippen molar-refractivity contribution in [1.82, 2.24) is 30.0 Å². The van der Waals surface area contributed by atoms with Gasteiger partial charge < -0.3 is 10.1 Å². The highest BCUT2D eigenvalue weighted by molar-refractivity contribution is 5.78. The molecule has 2 aromatic rings. The minimum Gasteiger partial charge on any atom is -0.358 e. The largest absolute Gasteiger partial charge is 0.414 e. The van der Waals surface area contributed by atoms with Gasteiger partial charge in [0.05, 0.1) is 17.6 Å². The van der Waals surface area contributed by atoms with E-state index < -0.39 is 16.8 Å². The maximum atomic E-state index is 12.0. The molecule has 2 aromatic heterocycles. The summed E-state index contributed by atoms with van der Waals surface area (Å²) in [6, 6.07) is -0.649. The van der Waals surface area contributed by atoms with E-state index in [1.54, 1.807) is 0 Å². The van der Waals surface area contributed by atoms with E-state index in [0.717, 1.165) is 15.8 Å². The fourth-order valence-electron chi connectivity index (χ4n) is 1.56. The Labute approximate surface area is 107 Å². The number of carbonyl (C=O) groups excluding carboxylic acids is 1. The Balaban J connectivity index is 2.39. The Kier molecular flexibility index (Phi) is 3.59. The van der Waals surface area contributed by atoms with E-state index in [0.29, 0.717) is 12.8 Å². The van der Waals surface area contributed by atoms with E-state index in [9.17, 15) is 14.9 Å². The molecule has 2 rings (SSSR count). The summed E-state index contributed by atoms with van der Waals surface area (Å²) in [5.74, 6) is -0.401. The van der Waals surface area contributed by atoms with Crippen LogP contribution < -0.4 is 0 Å². The van der Waals surface area contributed by atoms with E-state index in [2.05, 4.69) is 20.6 Å². The second kappa shape index (κ2) is 5.33. The van der Waals surface area contributed by atoms with Crippen LogP contribution in [-0.4, -0.2) is 40.9 Å². The SMILES string of the molecule is CCCCc1c([N+](=O)[O-])nnn1C(=O)n1ccnn1. The minimum absolute atomic E-state index is 0.173. The third-order valence-electron chi connectivity index (χ3n) is 2.48. The summed E-state index contributed by atoms with van der Waals surface area (Å²) in [7, 11) is 0. The lowest BCUT2D eigenvalue weighted by Crippen LogP contribution is -2.23. The average Bonchev–Trinajstić information content (AvgIpc) is 3.04. The first-order valence-electron chi connectivity index (χ1n) is 5.65. The molecule has 0 bridgehead atoms. The normalized spacial score (nSPS) is 10.6. The Bertz CT molecular complexity index is 589. The molecule has 10 heteroatoms. The Hall–Kier alpha value is -2.65. The van der Waals surface area contributed by atoms with Gasteiger partial charge in [0.15, 0.2) is 5.69 Å². The monoisotopic (exact) mass is 265 g/mol. The molecule has 0 fully saturated rings. The summed E-state index contributed by atoms with van der Waals surface area (Å²) >= 11 is 0. The summed E-state index contributed by atoms with van der Waals surface area (Å²) in [4.78, 5) is 22.2. The van der Waals surface area contributed by atoms with Crippen LogP contribution in [0.15, 0.2) is 12.4 Å². The molecule has 2 heterocycles. The number of aromatic nitrogens is 6. The van der Waals surface area contributed by atoms with Gasteiger partial charge in [-0.25, -0.2) is 4.79 Å². The van der Waals surface area contributed by atoms with Gasteiger partial charge in [0.2, 0.25) is 0 Å². The first kappa shape index (κ1) is 12.8. The zero-order valence-electron chi connectivity index (χ0n) is 10.1. The lowest BCUT2D eigenvalue weighted by atomic mass is 10.2. The molecule has 0 atom stereocenters. The first-order chi connectivity index (χ1) is 9.15. The number of nitrogens with zero attached hydrogens (tertiary/aromatic N) is 7. The molecular weight excluding hydrogens is 254 g/mol. The summed E-state index contributed by atoms with van der Waals surface area (Å²) in [5.41, 5.74) is 0.173. The number of hydrogen-bond donors (Lipinski definition) is 0. The van der Waals surface area contributed by atoms with Gasteiger partial charge in [-0.05, 0) is 17.8 Å². The number of carbonyl (C=O) groups is 1. The third kappa shape index (κ3) is 2.46. The number of hydrogen-bond acceptors (Lipinski definition) is 7. The molecule has 0 spiro atoms. The standard InChI is InChI=1S/C9H11N7O3/c1-2-3-4-7-8(16(18)19)11-13-15(7)9(17)14-6-5-10-12-14/h5-6H,2-4H2,1H3. The van der Waals surface area contributed by atoms with E-state index in [1.165, 1.54) is 12.4 Å². The molecule has 0 saturated heterocycles. The fraction of sp³-hybridized carbons (Fsp3) is 0.444. The second-order valence-corrected chi connectivity index (χ2v) is 3.76. The van der Waals surface area contributed by atoms with Crippen molar-refractivity contribution in [2.75, 3.05) is 0 Å². The molecule has 0 radical (unpaired) electrons. The van der Waals surface area contributed by atoms with Crippen LogP contribution in [0.5, 0.6) is 0 Å². The van der Waals surface area contributed by atoms with Crippen molar-refractivity contribution in [3.05, 3.63) is 28.2 Å². The van der Waals surface area contributed by atoms with Gasteiger partial charge in [-0.1, -0.05) is 18.6 Å². The molecule has 0 unspecified atom stereocenters. The topological polar surface area (TPSA) is 122 Å².